The molecule has 0 spiro atoms. The van der Waals surface area contributed by atoms with E-state index in [4.69, 9.17) is 20.6 Å². The average Bonchev–Trinajstić information content (AvgIpc) is 3.05. The molecule has 2 unspecified atom stereocenters. The third-order valence-electron chi connectivity index (χ3n) is 6.32. The Kier molecular flexibility index (Phi) is 6.36. The quantitative estimate of drug-likeness (QED) is 0.543. The van der Waals surface area contributed by atoms with Crippen molar-refractivity contribution < 1.29 is 14.6 Å². The molecular formula is C26H33N3O3S. The van der Waals surface area contributed by atoms with E-state index in [0.29, 0.717) is 18.2 Å². The molecule has 0 saturated heterocycles. The number of fused-ring (bicyclic) bond motifs is 1. The van der Waals surface area contributed by atoms with Crippen LogP contribution in [0.3, 0.4) is 0 Å². The van der Waals surface area contributed by atoms with Crippen LogP contribution in [-0.2, 0) is 18.3 Å². The number of aromatic hydroxyl groups is 1. The first kappa shape index (κ1) is 23.5. The van der Waals surface area contributed by atoms with Gasteiger partial charge in [-0.05, 0) is 67.0 Å². The smallest absolute Gasteiger partial charge is 0.182 e. The molecule has 2 aliphatic rings. The van der Waals surface area contributed by atoms with E-state index in [1.165, 1.54) is 11.8 Å². The van der Waals surface area contributed by atoms with Gasteiger partial charge in [0.1, 0.15) is 28.7 Å². The highest BCUT2D eigenvalue weighted by atomic mass is 32.2. The molecule has 0 saturated carbocycles. The number of benzene rings is 2. The van der Waals surface area contributed by atoms with E-state index in [0.717, 1.165) is 53.9 Å². The normalized spacial score (nSPS) is 22.5. The van der Waals surface area contributed by atoms with Crippen LogP contribution < -0.4 is 15.2 Å². The molecule has 33 heavy (non-hydrogen) atoms. The topological polar surface area (TPSA) is 101 Å². The van der Waals surface area contributed by atoms with E-state index in [9.17, 15) is 5.11 Å². The van der Waals surface area contributed by atoms with Gasteiger partial charge in [0.05, 0.1) is 11.9 Å². The molecule has 2 aromatic carbocycles. The van der Waals surface area contributed by atoms with Crippen LogP contribution in [0.4, 0.5) is 0 Å². The van der Waals surface area contributed by atoms with Gasteiger partial charge in [0, 0.05) is 12.0 Å². The van der Waals surface area contributed by atoms with E-state index >= 15 is 0 Å². The summed E-state index contributed by atoms with van der Waals surface area (Å²) in [7, 11) is 0. The number of aliphatic imine (C=N–C) groups is 1. The number of aryl methyl sites for hydroxylation is 1. The standard InChI is InChI=1S/C26H33N3O3S/c1-25(2,3)19-15-21-17(14-20(19)30)9-10-26(4,32-21)11-12-31-18-7-5-16(6-8-18)13-22-23(27)29-24(28)33-22/h5-8,14-15,22,30H,9-13H2,1-4H3,(H3,27,28,29). The molecule has 176 valence electrons. The lowest BCUT2D eigenvalue weighted by atomic mass is 9.83. The van der Waals surface area contributed by atoms with E-state index in [1.807, 2.05) is 36.4 Å². The lowest BCUT2D eigenvalue weighted by Crippen LogP contribution is -2.38. The van der Waals surface area contributed by atoms with Gasteiger partial charge in [-0.1, -0.05) is 44.7 Å². The number of nitrogens with two attached hydrogens (primary N) is 1. The molecule has 4 N–H and O–H groups in total. The van der Waals surface area contributed by atoms with Crippen molar-refractivity contribution in [2.75, 3.05) is 6.61 Å². The summed E-state index contributed by atoms with van der Waals surface area (Å²) in [5.74, 6) is 2.57. The molecule has 4 rings (SSSR count). The highest BCUT2D eigenvalue weighted by Crippen LogP contribution is 2.41. The van der Waals surface area contributed by atoms with Gasteiger partial charge in [0.25, 0.3) is 0 Å². The third kappa shape index (κ3) is 5.46. The second kappa shape index (κ2) is 8.93. The molecule has 0 fully saturated rings. The van der Waals surface area contributed by atoms with Crippen LogP contribution in [0.15, 0.2) is 41.4 Å². The molecule has 2 atom stereocenters. The van der Waals surface area contributed by atoms with Gasteiger partial charge < -0.3 is 20.3 Å². The number of ether oxygens (including phenoxy) is 2. The van der Waals surface area contributed by atoms with Crippen molar-refractivity contribution in [2.45, 2.75) is 69.6 Å². The first-order valence-corrected chi connectivity index (χ1v) is 12.3. The predicted octanol–water partition coefficient (Wildman–Crippen LogP) is 5.19. The van der Waals surface area contributed by atoms with Crippen LogP contribution >= 0.6 is 11.8 Å². The average molecular weight is 468 g/mol. The SMILES string of the molecule is CC1(CCOc2ccc(CC3SC(=N)N=C3N)cc2)CCc2cc(O)c(C(C)(C)C)cc2O1. The monoisotopic (exact) mass is 467 g/mol. The number of thioether (sulfide) groups is 1. The summed E-state index contributed by atoms with van der Waals surface area (Å²) in [5.41, 5.74) is 8.56. The molecule has 2 aromatic rings. The maximum Gasteiger partial charge on any atom is 0.182 e. The Balaban J connectivity index is 1.33. The number of phenolic OH excluding ortho intramolecular Hbond substituents is 1. The van der Waals surface area contributed by atoms with Crippen molar-refractivity contribution in [3.8, 4) is 17.2 Å². The summed E-state index contributed by atoms with van der Waals surface area (Å²) in [6.45, 7) is 8.97. The van der Waals surface area contributed by atoms with E-state index in [2.05, 4.69) is 32.7 Å². The Morgan fingerprint density at radius 1 is 1.27 bits per heavy atom. The van der Waals surface area contributed by atoms with E-state index in [-0.39, 0.29) is 21.4 Å². The van der Waals surface area contributed by atoms with Crippen LogP contribution in [-0.4, -0.2) is 33.6 Å². The number of phenols is 1. The van der Waals surface area contributed by atoms with Crippen LogP contribution in [0.1, 0.15) is 57.2 Å². The van der Waals surface area contributed by atoms with E-state index < -0.39 is 0 Å². The fraction of sp³-hybridized carbons (Fsp3) is 0.462. The highest BCUT2D eigenvalue weighted by molar-refractivity contribution is 8.15. The number of rotatable bonds is 6. The van der Waals surface area contributed by atoms with Crippen molar-refractivity contribution in [1.29, 1.82) is 5.41 Å². The zero-order valence-corrected chi connectivity index (χ0v) is 20.6. The second-order valence-electron chi connectivity index (χ2n) is 10.2. The van der Waals surface area contributed by atoms with Gasteiger partial charge in [0.2, 0.25) is 0 Å². The Bertz CT molecular complexity index is 1080. The van der Waals surface area contributed by atoms with Gasteiger partial charge in [-0.25, -0.2) is 4.99 Å². The van der Waals surface area contributed by atoms with Gasteiger partial charge in [-0.15, -0.1) is 0 Å². The lowest BCUT2D eigenvalue weighted by molar-refractivity contribution is 0.0420. The summed E-state index contributed by atoms with van der Waals surface area (Å²) in [6.07, 6.45) is 3.28. The Morgan fingerprint density at radius 3 is 2.64 bits per heavy atom. The van der Waals surface area contributed by atoms with Crippen molar-refractivity contribution in [1.82, 2.24) is 0 Å². The van der Waals surface area contributed by atoms with Crippen molar-refractivity contribution in [3.63, 3.8) is 0 Å². The maximum absolute atomic E-state index is 10.4. The minimum Gasteiger partial charge on any atom is -0.508 e. The second-order valence-corrected chi connectivity index (χ2v) is 11.4. The summed E-state index contributed by atoms with van der Waals surface area (Å²) < 4.78 is 12.4. The number of nitrogens with one attached hydrogen (secondary N) is 1. The lowest BCUT2D eigenvalue weighted by Gasteiger charge is -2.37. The number of hydrogen-bond acceptors (Lipinski definition) is 6. The largest absolute Gasteiger partial charge is 0.508 e. The third-order valence-corrected chi connectivity index (χ3v) is 7.33. The molecule has 0 aliphatic carbocycles. The van der Waals surface area contributed by atoms with Gasteiger partial charge in [-0.3, -0.25) is 5.41 Å². The Labute approximate surface area is 200 Å². The number of hydrogen-bond donors (Lipinski definition) is 3. The minimum atomic E-state index is -0.305. The van der Waals surface area contributed by atoms with Crippen molar-refractivity contribution in [3.05, 3.63) is 53.1 Å². The molecule has 2 aliphatic heterocycles. The molecule has 2 heterocycles. The fourth-order valence-corrected chi connectivity index (χ4v) is 5.15. The zero-order chi connectivity index (χ0) is 23.8. The van der Waals surface area contributed by atoms with Gasteiger partial charge >= 0.3 is 0 Å². The van der Waals surface area contributed by atoms with Gasteiger partial charge in [0.15, 0.2) is 5.17 Å². The van der Waals surface area contributed by atoms with Crippen LogP contribution in [0, 0.1) is 5.41 Å². The van der Waals surface area contributed by atoms with Crippen molar-refractivity contribution >= 4 is 22.8 Å². The van der Waals surface area contributed by atoms with Crippen LogP contribution in [0.2, 0.25) is 0 Å². The summed E-state index contributed by atoms with van der Waals surface area (Å²) >= 11 is 1.40. The summed E-state index contributed by atoms with van der Waals surface area (Å²) in [5, 5.41) is 18.4. The predicted molar refractivity (Wildman–Crippen MR) is 135 cm³/mol. The molecular weight excluding hydrogens is 434 g/mol. The first-order valence-electron chi connectivity index (χ1n) is 11.4. The number of nitrogens with zero attached hydrogens (tertiary/aromatic N) is 1. The first-order chi connectivity index (χ1) is 15.5. The van der Waals surface area contributed by atoms with Gasteiger partial charge in [-0.2, -0.15) is 0 Å². The fourth-order valence-electron chi connectivity index (χ4n) is 4.27. The zero-order valence-electron chi connectivity index (χ0n) is 19.8. The minimum absolute atomic E-state index is 0.0382. The maximum atomic E-state index is 10.4. The Morgan fingerprint density at radius 2 is 2.00 bits per heavy atom. The van der Waals surface area contributed by atoms with E-state index in [1.54, 1.807) is 0 Å². The van der Waals surface area contributed by atoms with Crippen LogP contribution in [0.25, 0.3) is 0 Å². The van der Waals surface area contributed by atoms with Crippen LogP contribution in [0.5, 0.6) is 17.2 Å². The molecule has 0 bridgehead atoms. The summed E-state index contributed by atoms with van der Waals surface area (Å²) in [6, 6.07) is 11.9. The summed E-state index contributed by atoms with van der Waals surface area (Å²) in [4.78, 5) is 4.00. The van der Waals surface area contributed by atoms with Crippen molar-refractivity contribution in [2.24, 2.45) is 10.7 Å². The molecule has 7 heteroatoms. The molecule has 0 aromatic heterocycles. The molecule has 0 amide bonds. The molecule has 0 radical (unpaired) electrons. The number of amidine groups is 2. The molecule has 6 nitrogen and oxygen atoms in total. The highest BCUT2D eigenvalue weighted by Gasteiger charge is 2.33. The Hall–Kier alpha value is -2.67.